The number of hydrogen-bond donors (Lipinski definition) is 2. The van der Waals surface area contributed by atoms with E-state index < -0.39 is 0 Å². The SMILES string of the molecule is CCC1C[C@H](C)CN1C(=N/NC)/C(OC)=C(\C)O. The van der Waals surface area contributed by atoms with E-state index in [0.29, 0.717) is 23.6 Å². The molecule has 0 saturated carbocycles. The van der Waals surface area contributed by atoms with E-state index >= 15 is 0 Å². The smallest absolute Gasteiger partial charge is 0.200 e. The molecule has 2 atom stereocenters. The summed E-state index contributed by atoms with van der Waals surface area (Å²) < 4.78 is 5.28. The Labute approximate surface area is 110 Å². The highest BCUT2D eigenvalue weighted by molar-refractivity contribution is 5.97. The molecule has 1 rings (SSSR count). The lowest BCUT2D eigenvalue weighted by molar-refractivity contribution is 0.259. The van der Waals surface area contributed by atoms with E-state index in [1.165, 1.54) is 0 Å². The van der Waals surface area contributed by atoms with Gasteiger partial charge in [-0.15, -0.1) is 0 Å². The standard InChI is InChI=1S/C13H25N3O2/c1-6-11-7-9(2)8-16(11)13(15-14-4)12(18-5)10(3)17/h9,11,14,17H,6-8H2,1-5H3/b12-10-,15-13+/t9-,11?/m0/s1. The van der Waals surface area contributed by atoms with Crippen LogP contribution in [0.4, 0.5) is 0 Å². The van der Waals surface area contributed by atoms with Crippen molar-refractivity contribution >= 4 is 5.84 Å². The molecule has 0 amide bonds. The Bertz CT molecular complexity index is 335. The highest BCUT2D eigenvalue weighted by atomic mass is 16.5. The molecule has 0 spiro atoms. The Morgan fingerprint density at radius 2 is 2.22 bits per heavy atom. The normalized spacial score (nSPS) is 26.1. The van der Waals surface area contributed by atoms with Gasteiger partial charge in [-0.2, -0.15) is 5.10 Å². The third kappa shape index (κ3) is 3.09. The highest BCUT2D eigenvalue weighted by Crippen LogP contribution is 2.27. The fraction of sp³-hybridized carbons (Fsp3) is 0.769. The Morgan fingerprint density at radius 3 is 2.67 bits per heavy atom. The van der Waals surface area contributed by atoms with Gasteiger partial charge in [-0.1, -0.05) is 13.8 Å². The third-order valence-corrected chi connectivity index (χ3v) is 3.32. The molecule has 18 heavy (non-hydrogen) atoms. The molecule has 5 nitrogen and oxygen atoms in total. The minimum Gasteiger partial charge on any atom is -0.509 e. The minimum absolute atomic E-state index is 0.154. The van der Waals surface area contributed by atoms with E-state index in [0.717, 1.165) is 19.4 Å². The molecule has 1 fully saturated rings. The van der Waals surface area contributed by atoms with Crippen LogP contribution in [0, 0.1) is 5.92 Å². The summed E-state index contributed by atoms with van der Waals surface area (Å²) >= 11 is 0. The molecule has 2 N–H and O–H groups in total. The van der Waals surface area contributed by atoms with Crippen molar-refractivity contribution in [3.05, 3.63) is 11.5 Å². The van der Waals surface area contributed by atoms with Crippen LogP contribution in [0.1, 0.15) is 33.6 Å². The van der Waals surface area contributed by atoms with Gasteiger partial charge in [0, 0.05) is 19.6 Å². The summed E-state index contributed by atoms with van der Waals surface area (Å²) in [5, 5.41) is 14.0. The van der Waals surface area contributed by atoms with Gasteiger partial charge in [-0.25, -0.2) is 0 Å². The van der Waals surface area contributed by atoms with E-state index in [1.807, 2.05) is 0 Å². The molecular weight excluding hydrogens is 230 g/mol. The van der Waals surface area contributed by atoms with Crippen LogP contribution >= 0.6 is 0 Å². The van der Waals surface area contributed by atoms with Crippen molar-refractivity contribution in [3.8, 4) is 0 Å². The molecule has 1 aliphatic rings. The number of aliphatic hydroxyl groups excluding tert-OH is 1. The van der Waals surface area contributed by atoms with Gasteiger partial charge >= 0.3 is 0 Å². The number of aliphatic hydroxyl groups is 1. The lowest BCUT2D eigenvalue weighted by atomic mass is 10.1. The quantitative estimate of drug-likeness (QED) is 0.349. The molecule has 0 aromatic rings. The number of methoxy groups -OCH3 is 1. The zero-order valence-corrected chi connectivity index (χ0v) is 12.0. The Balaban J connectivity index is 3.06. The number of rotatable bonds is 4. The second-order valence-corrected chi connectivity index (χ2v) is 4.83. The number of amidine groups is 1. The lowest BCUT2D eigenvalue weighted by Crippen LogP contribution is -2.38. The minimum atomic E-state index is 0.154. The average molecular weight is 255 g/mol. The lowest BCUT2D eigenvalue weighted by Gasteiger charge is -2.27. The molecular formula is C13H25N3O2. The van der Waals surface area contributed by atoms with Crippen LogP contribution in [0.25, 0.3) is 0 Å². The number of hydrogen-bond acceptors (Lipinski definition) is 4. The maximum absolute atomic E-state index is 9.71. The second kappa shape index (κ2) is 6.52. The van der Waals surface area contributed by atoms with Crippen molar-refractivity contribution in [1.82, 2.24) is 10.3 Å². The molecule has 1 heterocycles. The largest absolute Gasteiger partial charge is 0.509 e. The molecule has 0 radical (unpaired) electrons. The average Bonchev–Trinajstić information content (AvgIpc) is 2.69. The molecule has 0 aromatic carbocycles. The van der Waals surface area contributed by atoms with Crippen molar-refractivity contribution in [2.75, 3.05) is 20.7 Å². The number of allylic oxidation sites excluding steroid dienone is 1. The van der Waals surface area contributed by atoms with E-state index in [2.05, 4.69) is 29.3 Å². The predicted octanol–water partition coefficient (Wildman–Crippen LogP) is 2.08. The molecule has 0 bridgehead atoms. The van der Waals surface area contributed by atoms with Gasteiger partial charge in [0.1, 0.15) is 5.76 Å². The van der Waals surface area contributed by atoms with Crippen LogP contribution < -0.4 is 5.43 Å². The second-order valence-electron chi connectivity index (χ2n) is 4.83. The fourth-order valence-corrected chi connectivity index (χ4v) is 2.55. The molecule has 104 valence electrons. The highest BCUT2D eigenvalue weighted by Gasteiger charge is 2.33. The zero-order valence-electron chi connectivity index (χ0n) is 12.0. The van der Waals surface area contributed by atoms with E-state index in [4.69, 9.17) is 4.74 Å². The first kappa shape index (κ1) is 14.7. The van der Waals surface area contributed by atoms with Gasteiger partial charge in [0.05, 0.1) is 7.11 Å². The van der Waals surface area contributed by atoms with Crippen molar-refractivity contribution in [1.29, 1.82) is 0 Å². The van der Waals surface area contributed by atoms with Gasteiger partial charge in [-0.05, 0) is 25.7 Å². The van der Waals surface area contributed by atoms with Crippen LogP contribution in [-0.4, -0.2) is 42.6 Å². The van der Waals surface area contributed by atoms with Crippen LogP contribution in [0.15, 0.2) is 16.6 Å². The Morgan fingerprint density at radius 1 is 1.56 bits per heavy atom. The van der Waals surface area contributed by atoms with Crippen LogP contribution in [0.2, 0.25) is 0 Å². The zero-order chi connectivity index (χ0) is 13.7. The molecule has 5 heteroatoms. The van der Waals surface area contributed by atoms with Crippen molar-refractivity contribution in [3.63, 3.8) is 0 Å². The summed E-state index contributed by atoms with van der Waals surface area (Å²) in [5.74, 6) is 1.92. The molecule has 0 aliphatic carbocycles. The van der Waals surface area contributed by atoms with E-state index in [9.17, 15) is 5.11 Å². The summed E-state index contributed by atoms with van der Waals surface area (Å²) in [6.07, 6.45) is 2.22. The van der Waals surface area contributed by atoms with Crippen LogP contribution in [0.3, 0.4) is 0 Å². The van der Waals surface area contributed by atoms with Gasteiger partial charge in [-0.3, -0.25) is 0 Å². The summed E-state index contributed by atoms with van der Waals surface area (Å²) in [6, 6.07) is 0.455. The number of nitrogens with zero attached hydrogens (tertiary/aromatic N) is 2. The summed E-state index contributed by atoms with van der Waals surface area (Å²) in [4.78, 5) is 2.22. The fourth-order valence-electron chi connectivity index (χ4n) is 2.55. The van der Waals surface area contributed by atoms with E-state index in [1.54, 1.807) is 21.1 Å². The van der Waals surface area contributed by atoms with Crippen LogP contribution in [-0.2, 0) is 4.74 Å². The monoisotopic (exact) mass is 255 g/mol. The molecule has 1 saturated heterocycles. The number of likely N-dealkylation sites (tertiary alicyclic amines) is 1. The summed E-state index contributed by atoms with van der Waals surface area (Å²) in [5.41, 5.74) is 2.79. The van der Waals surface area contributed by atoms with Gasteiger partial charge < -0.3 is 20.2 Å². The Hall–Kier alpha value is -1.39. The maximum atomic E-state index is 9.71. The van der Waals surface area contributed by atoms with Crippen LogP contribution in [0.5, 0.6) is 0 Å². The van der Waals surface area contributed by atoms with Crippen molar-refractivity contribution in [2.45, 2.75) is 39.7 Å². The summed E-state index contributed by atoms with van der Waals surface area (Å²) in [6.45, 7) is 6.97. The van der Waals surface area contributed by atoms with Crippen molar-refractivity contribution < 1.29 is 9.84 Å². The topological polar surface area (TPSA) is 57.1 Å². The maximum Gasteiger partial charge on any atom is 0.200 e. The third-order valence-electron chi connectivity index (χ3n) is 3.32. The number of ether oxygens (including phenoxy) is 1. The van der Waals surface area contributed by atoms with Gasteiger partial charge in [0.15, 0.2) is 5.84 Å². The number of nitrogens with one attached hydrogen (secondary N) is 1. The first-order valence-corrected chi connectivity index (χ1v) is 6.50. The van der Waals surface area contributed by atoms with Gasteiger partial charge in [0.25, 0.3) is 0 Å². The Kier molecular flexibility index (Phi) is 5.31. The molecule has 1 aliphatic heterocycles. The van der Waals surface area contributed by atoms with Gasteiger partial charge in [0.2, 0.25) is 5.76 Å². The summed E-state index contributed by atoms with van der Waals surface area (Å²) in [7, 11) is 3.31. The van der Waals surface area contributed by atoms with E-state index in [-0.39, 0.29) is 5.76 Å². The molecule has 1 unspecified atom stereocenters. The number of hydrazone groups is 1. The molecule has 0 aromatic heterocycles. The predicted molar refractivity (Wildman–Crippen MR) is 73.4 cm³/mol. The first-order chi connectivity index (χ1) is 8.54. The van der Waals surface area contributed by atoms with Crippen molar-refractivity contribution in [2.24, 2.45) is 11.0 Å². The first-order valence-electron chi connectivity index (χ1n) is 6.50.